The largest absolute Gasteiger partial charge is 0.462 e. The van der Waals surface area contributed by atoms with Crippen LogP contribution >= 0.6 is 0 Å². The van der Waals surface area contributed by atoms with Crippen molar-refractivity contribution in [2.24, 2.45) is 0 Å². The smallest absolute Gasteiger partial charge is 0.339 e. The summed E-state index contributed by atoms with van der Waals surface area (Å²) in [5.74, 6) is 0.353. The van der Waals surface area contributed by atoms with Crippen molar-refractivity contribution in [3.8, 4) is 0 Å². The maximum atomic E-state index is 11.5. The summed E-state index contributed by atoms with van der Waals surface area (Å²) in [6.07, 6.45) is 3.75. The number of hydrogen-bond donors (Lipinski definition) is 1. The van der Waals surface area contributed by atoms with E-state index in [0.717, 1.165) is 18.5 Å². The van der Waals surface area contributed by atoms with Crippen LogP contribution in [0.2, 0.25) is 0 Å². The van der Waals surface area contributed by atoms with E-state index in [-0.39, 0.29) is 5.97 Å². The third-order valence-electron chi connectivity index (χ3n) is 3.04. The molecule has 0 saturated carbocycles. The van der Waals surface area contributed by atoms with Gasteiger partial charge in [0.15, 0.2) is 0 Å². The lowest BCUT2D eigenvalue weighted by atomic mass is 10.1. The van der Waals surface area contributed by atoms with Crippen molar-refractivity contribution in [1.29, 1.82) is 0 Å². The molecule has 21 heavy (non-hydrogen) atoms. The number of carbonyl (C=O) groups is 1. The van der Waals surface area contributed by atoms with Gasteiger partial charge in [-0.05, 0) is 43.2 Å². The molecule has 110 valence electrons. The van der Waals surface area contributed by atoms with E-state index in [2.05, 4.69) is 29.4 Å². The van der Waals surface area contributed by atoms with Gasteiger partial charge in [0.1, 0.15) is 5.82 Å². The van der Waals surface area contributed by atoms with Crippen LogP contribution in [0.1, 0.15) is 36.2 Å². The van der Waals surface area contributed by atoms with Crippen LogP contribution < -0.4 is 5.32 Å². The van der Waals surface area contributed by atoms with Crippen molar-refractivity contribution in [3.63, 3.8) is 0 Å². The van der Waals surface area contributed by atoms with E-state index < -0.39 is 0 Å². The molecule has 1 aromatic carbocycles. The Balaban J connectivity index is 2.01. The first-order valence-electron chi connectivity index (χ1n) is 7.22. The normalized spacial score (nSPS) is 10.2. The van der Waals surface area contributed by atoms with Crippen molar-refractivity contribution in [2.75, 3.05) is 11.9 Å². The zero-order chi connectivity index (χ0) is 15.1. The zero-order valence-electron chi connectivity index (χ0n) is 12.4. The topological polar surface area (TPSA) is 51.2 Å². The SMILES string of the molecule is CCCc1ccc(Nc2ccc(C(=O)OCC)cn2)cc1. The average Bonchev–Trinajstić information content (AvgIpc) is 2.50. The fourth-order valence-electron chi connectivity index (χ4n) is 1.99. The second-order valence-corrected chi connectivity index (χ2v) is 4.72. The maximum absolute atomic E-state index is 11.5. The molecule has 0 fully saturated rings. The predicted octanol–water partition coefficient (Wildman–Crippen LogP) is 3.95. The number of aryl methyl sites for hydroxylation is 1. The van der Waals surface area contributed by atoms with Gasteiger partial charge in [0.2, 0.25) is 0 Å². The Bertz CT molecular complexity index is 577. The van der Waals surface area contributed by atoms with Gasteiger partial charge in [-0.2, -0.15) is 0 Å². The highest BCUT2D eigenvalue weighted by Crippen LogP contribution is 2.16. The van der Waals surface area contributed by atoms with Gasteiger partial charge in [-0.1, -0.05) is 25.5 Å². The Kier molecular flexibility index (Phi) is 5.32. The van der Waals surface area contributed by atoms with Gasteiger partial charge in [0.05, 0.1) is 12.2 Å². The summed E-state index contributed by atoms with van der Waals surface area (Å²) in [7, 11) is 0. The van der Waals surface area contributed by atoms with Gasteiger partial charge < -0.3 is 10.1 Å². The number of aromatic nitrogens is 1. The number of benzene rings is 1. The summed E-state index contributed by atoms with van der Waals surface area (Å²) in [5.41, 5.74) is 2.76. The summed E-state index contributed by atoms with van der Waals surface area (Å²) >= 11 is 0. The van der Waals surface area contributed by atoms with Gasteiger partial charge in [-0.25, -0.2) is 9.78 Å². The molecule has 0 amide bonds. The summed E-state index contributed by atoms with van der Waals surface area (Å²) in [4.78, 5) is 15.8. The molecule has 0 bridgehead atoms. The minimum atomic E-state index is -0.347. The Morgan fingerprint density at radius 2 is 1.90 bits per heavy atom. The average molecular weight is 284 g/mol. The minimum absolute atomic E-state index is 0.347. The van der Waals surface area contributed by atoms with Crippen molar-refractivity contribution >= 4 is 17.5 Å². The highest BCUT2D eigenvalue weighted by molar-refractivity contribution is 5.89. The maximum Gasteiger partial charge on any atom is 0.339 e. The number of rotatable bonds is 6. The van der Waals surface area contributed by atoms with Crippen LogP contribution in [0.25, 0.3) is 0 Å². The molecule has 0 aliphatic carbocycles. The van der Waals surface area contributed by atoms with Crippen LogP contribution in [-0.4, -0.2) is 17.6 Å². The molecule has 0 saturated heterocycles. The van der Waals surface area contributed by atoms with Crippen LogP contribution in [0.3, 0.4) is 0 Å². The van der Waals surface area contributed by atoms with E-state index >= 15 is 0 Å². The van der Waals surface area contributed by atoms with Crippen molar-refractivity contribution in [1.82, 2.24) is 4.98 Å². The molecule has 2 aromatic rings. The molecule has 0 aliphatic heterocycles. The van der Waals surface area contributed by atoms with Crippen molar-refractivity contribution in [3.05, 3.63) is 53.7 Å². The fraction of sp³-hybridized carbons (Fsp3) is 0.294. The number of esters is 1. The number of anilines is 2. The Morgan fingerprint density at radius 3 is 2.48 bits per heavy atom. The summed E-state index contributed by atoms with van der Waals surface area (Å²) < 4.78 is 4.92. The second kappa shape index (κ2) is 7.43. The summed E-state index contributed by atoms with van der Waals surface area (Å²) in [6.45, 7) is 4.31. The van der Waals surface area contributed by atoms with E-state index in [4.69, 9.17) is 4.74 Å². The lowest BCUT2D eigenvalue weighted by Crippen LogP contribution is -2.05. The number of carbonyl (C=O) groups excluding carboxylic acids is 1. The third-order valence-corrected chi connectivity index (χ3v) is 3.04. The molecule has 0 radical (unpaired) electrons. The number of nitrogens with one attached hydrogen (secondary N) is 1. The predicted molar refractivity (Wildman–Crippen MR) is 83.9 cm³/mol. The van der Waals surface area contributed by atoms with Gasteiger partial charge in [0, 0.05) is 11.9 Å². The molecule has 1 heterocycles. The molecule has 2 rings (SSSR count). The van der Waals surface area contributed by atoms with Crippen LogP contribution in [0.5, 0.6) is 0 Å². The van der Waals surface area contributed by atoms with Crippen LogP contribution in [0.15, 0.2) is 42.6 Å². The van der Waals surface area contributed by atoms with E-state index in [1.165, 1.54) is 11.8 Å². The molecule has 0 spiro atoms. The molecule has 1 aromatic heterocycles. The fourth-order valence-corrected chi connectivity index (χ4v) is 1.99. The summed E-state index contributed by atoms with van der Waals surface area (Å²) in [5, 5.41) is 3.21. The Labute approximate surface area is 125 Å². The first kappa shape index (κ1) is 15.0. The Hall–Kier alpha value is -2.36. The first-order chi connectivity index (χ1) is 10.2. The quantitative estimate of drug-likeness (QED) is 0.816. The summed E-state index contributed by atoms with van der Waals surface area (Å²) in [6, 6.07) is 11.8. The number of pyridine rings is 1. The van der Waals surface area contributed by atoms with Crippen LogP contribution in [0, 0.1) is 0 Å². The van der Waals surface area contributed by atoms with Crippen molar-refractivity contribution < 1.29 is 9.53 Å². The van der Waals surface area contributed by atoms with E-state index in [0.29, 0.717) is 18.0 Å². The van der Waals surface area contributed by atoms with Gasteiger partial charge >= 0.3 is 5.97 Å². The Morgan fingerprint density at radius 1 is 1.14 bits per heavy atom. The molecule has 0 aliphatic rings. The molecule has 4 heteroatoms. The molecule has 0 atom stereocenters. The lowest BCUT2D eigenvalue weighted by Gasteiger charge is -2.07. The molecule has 4 nitrogen and oxygen atoms in total. The van der Waals surface area contributed by atoms with E-state index in [9.17, 15) is 4.79 Å². The molecular weight excluding hydrogens is 264 g/mol. The third kappa shape index (κ3) is 4.31. The molecule has 1 N–H and O–H groups in total. The highest BCUT2D eigenvalue weighted by Gasteiger charge is 2.06. The van der Waals surface area contributed by atoms with Gasteiger partial charge in [0.25, 0.3) is 0 Å². The van der Waals surface area contributed by atoms with Crippen LogP contribution in [0.4, 0.5) is 11.5 Å². The van der Waals surface area contributed by atoms with E-state index in [1.807, 2.05) is 12.1 Å². The second-order valence-electron chi connectivity index (χ2n) is 4.72. The number of ether oxygens (including phenoxy) is 1. The standard InChI is InChI=1S/C17H20N2O2/c1-3-5-13-6-9-15(10-7-13)19-16-11-8-14(12-18-16)17(20)21-4-2/h6-12H,3-5H2,1-2H3,(H,18,19). The first-order valence-corrected chi connectivity index (χ1v) is 7.22. The van der Waals surface area contributed by atoms with Crippen molar-refractivity contribution in [2.45, 2.75) is 26.7 Å². The highest BCUT2D eigenvalue weighted by atomic mass is 16.5. The zero-order valence-corrected chi connectivity index (χ0v) is 12.4. The van der Waals surface area contributed by atoms with Gasteiger partial charge in [-0.3, -0.25) is 0 Å². The number of nitrogens with zero attached hydrogens (tertiary/aromatic N) is 1. The van der Waals surface area contributed by atoms with Crippen LogP contribution in [-0.2, 0) is 11.2 Å². The van der Waals surface area contributed by atoms with Gasteiger partial charge in [-0.15, -0.1) is 0 Å². The lowest BCUT2D eigenvalue weighted by molar-refractivity contribution is 0.0526. The monoisotopic (exact) mass is 284 g/mol. The minimum Gasteiger partial charge on any atom is -0.462 e. The number of hydrogen-bond acceptors (Lipinski definition) is 4. The molecule has 0 unspecified atom stereocenters. The van der Waals surface area contributed by atoms with E-state index in [1.54, 1.807) is 19.1 Å². The molecular formula is C17H20N2O2.